The average Bonchev–Trinajstić information content (AvgIpc) is 1.61. The Morgan fingerprint density at radius 2 is 0.393 bits per heavy atom. The van der Waals surface area contributed by atoms with Crippen molar-refractivity contribution in [3.63, 3.8) is 0 Å². The molecule has 3 rings (SSSR count). The third-order valence-electron chi connectivity index (χ3n) is 24.3. The number of hydrogen-bond acceptors (Lipinski definition) is 0. The molecule has 3 heteroatoms. The predicted molar refractivity (Wildman–Crippen MR) is 482 cm³/mol. The van der Waals surface area contributed by atoms with E-state index in [1.807, 2.05) is 0 Å². The van der Waals surface area contributed by atoms with E-state index in [4.69, 9.17) is 0 Å². The molecule has 2 aromatic rings. The minimum Gasteiger partial charge on any atom is -0.493 e. The molecular weight excluding hydrogens is 1340 g/mol. The SMILES string of the molecule is CCCCCCCCCCCCCCCCCCCCCCCCC[CH2][Ni][CH2]CCCCCCCCCCCCCCCCCCCCCCCCC.CCCCCc1cc(C2=C(CC)C(CCCC)=C(c3cc(CCCCC)c(CCCCC)c(CCCCC)c3)[N+]2=[N-])cc(CCCCC)c1CCCCC. The summed E-state index contributed by atoms with van der Waals surface area (Å²) < 4.78 is 1.69. The molecular formula is C104H190N2Ni. The molecule has 0 fully saturated rings. The molecule has 0 N–H and O–H groups in total. The van der Waals surface area contributed by atoms with Crippen LogP contribution in [0.4, 0.5) is 0 Å². The molecule has 1 aliphatic heterocycles. The Bertz CT molecular complexity index is 2240. The molecule has 2 nitrogen and oxygen atoms in total. The van der Waals surface area contributed by atoms with Crippen molar-refractivity contribution < 1.29 is 19.1 Å². The zero-order valence-electron chi connectivity index (χ0n) is 74.7. The van der Waals surface area contributed by atoms with Crippen molar-refractivity contribution >= 4 is 11.4 Å². The molecule has 0 unspecified atom stereocenters. The van der Waals surface area contributed by atoms with Crippen molar-refractivity contribution in [3.05, 3.63) is 85.5 Å². The second kappa shape index (κ2) is 76.6. The molecule has 107 heavy (non-hydrogen) atoms. The average molecular weight is 1530 g/mol. The summed E-state index contributed by atoms with van der Waals surface area (Å²) in [6.45, 7) is 23.2. The van der Waals surface area contributed by atoms with Gasteiger partial charge in [0.05, 0.1) is 0 Å². The van der Waals surface area contributed by atoms with Crippen molar-refractivity contribution in [2.24, 2.45) is 0 Å². The summed E-state index contributed by atoms with van der Waals surface area (Å²) in [4.78, 5) is 0. The Labute approximate surface area is 679 Å². The topological polar surface area (TPSA) is 25.3 Å². The number of rotatable bonds is 80. The minimum atomic E-state index is 0.936. The summed E-state index contributed by atoms with van der Waals surface area (Å²) in [5, 5.41) is 2.87. The summed E-state index contributed by atoms with van der Waals surface area (Å²) in [5.41, 5.74) is 29.6. The Balaban J connectivity index is 0.000000727. The summed E-state index contributed by atoms with van der Waals surface area (Å²) in [6, 6.07) is 10.1. The molecule has 2 aromatic carbocycles. The Kier molecular flexibility index (Phi) is 72.4. The van der Waals surface area contributed by atoms with Crippen LogP contribution >= 0.6 is 0 Å². The van der Waals surface area contributed by atoms with Crippen LogP contribution in [0.15, 0.2) is 35.4 Å². The maximum atomic E-state index is 12.7. The standard InChI is InChI=1S/C52H84N2.2C26H53.Ni/c1-9-17-24-30-41-37-45(38-42(31-25-18-10-2)48(41)35-28-21-13-5)51-47(16-8)50(34-23-15-7)52(54(51)53)46-39-43(32-26-19-11-3)49(36-29-22-14-6)44(40-46)33-27-20-12-4;2*1-3-5-7-9-11-13-15-17-19-21-23-25-26-24-22-20-18-16-14-12-10-8-6-4-2;/h37-40H,9-36H2,1-8H3;2*1,3-26H2,2H3;. The van der Waals surface area contributed by atoms with Crippen molar-refractivity contribution in [2.75, 3.05) is 0 Å². The van der Waals surface area contributed by atoms with E-state index in [-0.39, 0.29) is 0 Å². The first kappa shape index (κ1) is 101. The molecule has 626 valence electrons. The van der Waals surface area contributed by atoms with Gasteiger partial charge in [0.15, 0.2) is 0 Å². The molecule has 0 bridgehead atoms. The van der Waals surface area contributed by atoms with Crippen molar-refractivity contribution in [2.45, 2.75) is 568 Å². The van der Waals surface area contributed by atoms with E-state index in [2.05, 4.69) is 108 Å². The molecule has 0 spiro atoms. The van der Waals surface area contributed by atoms with Gasteiger partial charge in [-0.15, -0.1) is 0 Å². The van der Waals surface area contributed by atoms with Gasteiger partial charge in [0.2, 0.25) is 11.4 Å². The van der Waals surface area contributed by atoms with Gasteiger partial charge >= 0.3 is 166 Å². The van der Waals surface area contributed by atoms with E-state index in [0.29, 0.717) is 0 Å². The van der Waals surface area contributed by atoms with Crippen LogP contribution < -0.4 is 0 Å². The zero-order valence-corrected chi connectivity index (χ0v) is 75.7. The number of nitrogens with zero attached hydrogens (tertiary/aromatic N) is 2. The Morgan fingerprint density at radius 3 is 0.607 bits per heavy atom. The number of benzene rings is 2. The van der Waals surface area contributed by atoms with Crippen molar-refractivity contribution in [1.29, 1.82) is 0 Å². The summed E-state index contributed by atoms with van der Waals surface area (Å²) in [7, 11) is 0. The van der Waals surface area contributed by atoms with Crippen LogP contribution in [0.25, 0.3) is 16.9 Å². The number of unbranched alkanes of at least 4 members (excludes halogenated alkanes) is 59. The summed E-state index contributed by atoms with van der Waals surface area (Å²) in [6.07, 6.45) is 105. The maximum absolute atomic E-state index is 12.7. The van der Waals surface area contributed by atoms with Gasteiger partial charge in [0.25, 0.3) is 0 Å². The predicted octanol–water partition coefficient (Wildman–Crippen LogP) is 37.5. The van der Waals surface area contributed by atoms with E-state index in [1.165, 1.54) is 470 Å². The molecule has 0 amide bonds. The summed E-state index contributed by atoms with van der Waals surface area (Å²) >= 11 is 2.05. The zero-order chi connectivity index (χ0) is 77.2. The molecule has 0 aromatic heterocycles. The van der Waals surface area contributed by atoms with Gasteiger partial charge in [-0.25, -0.2) is 4.70 Å². The van der Waals surface area contributed by atoms with Crippen LogP contribution in [0.3, 0.4) is 0 Å². The molecule has 0 aliphatic carbocycles. The van der Waals surface area contributed by atoms with E-state index in [1.54, 1.807) is 38.1 Å². The van der Waals surface area contributed by atoms with Gasteiger partial charge in [-0.3, -0.25) is 0 Å². The van der Waals surface area contributed by atoms with E-state index in [0.717, 1.165) is 62.8 Å². The fourth-order valence-electron chi connectivity index (χ4n) is 17.3. The van der Waals surface area contributed by atoms with Crippen molar-refractivity contribution in [3.8, 4) is 0 Å². The second-order valence-corrected chi connectivity index (χ2v) is 35.9. The number of aryl methyl sites for hydroxylation is 4. The Morgan fingerprint density at radius 1 is 0.206 bits per heavy atom. The third kappa shape index (κ3) is 52.2. The van der Waals surface area contributed by atoms with Crippen LogP contribution in [-0.4, -0.2) is 4.70 Å². The van der Waals surface area contributed by atoms with Gasteiger partial charge in [0.1, 0.15) is 0 Å². The Hall–Kier alpha value is -1.99. The van der Waals surface area contributed by atoms with Crippen LogP contribution in [0, 0.1) is 0 Å². The van der Waals surface area contributed by atoms with Gasteiger partial charge in [0, 0.05) is 22.3 Å². The minimum absolute atomic E-state index is 0.936. The second-order valence-electron chi connectivity index (χ2n) is 34.4. The molecule has 1 aliphatic rings. The van der Waals surface area contributed by atoms with Gasteiger partial charge in [-0.2, -0.15) is 0 Å². The fourth-order valence-corrected chi connectivity index (χ4v) is 18.6. The first-order chi connectivity index (χ1) is 52.8. The molecule has 1 heterocycles. The molecule has 0 atom stereocenters. The first-order valence-corrected chi connectivity index (χ1v) is 51.0. The van der Waals surface area contributed by atoms with Crippen molar-refractivity contribution in [1.82, 2.24) is 0 Å². The molecule has 0 radical (unpaired) electrons. The normalized spacial score (nSPS) is 12.5. The van der Waals surface area contributed by atoms with Crippen LogP contribution in [0.1, 0.15) is 563 Å². The molecule has 0 saturated heterocycles. The monoisotopic (exact) mass is 1530 g/mol. The molecule has 0 saturated carbocycles. The first-order valence-electron chi connectivity index (χ1n) is 49.6. The van der Waals surface area contributed by atoms with Crippen LogP contribution in [-0.2, 0) is 53.0 Å². The van der Waals surface area contributed by atoms with Gasteiger partial charge < -0.3 is 5.53 Å². The van der Waals surface area contributed by atoms with Crippen LogP contribution in [0.2, 0.25) is 10.8 Å². The van der Waals surface area contributed by atoms with E-state index in [9.17, 15) is 5.53 Å². The third-order valence-corrected chi connectivity index (χ3v) is 25.7. The number of allylic oxidation sites excluding steroid dienone is 2. The van der Waals surface area contributed by atoms with Gasteiger partial charge in [-0.1, -0.05) is 320 Å². The van der Waals surface area contributed by atoms with Gasteiger partial charge in [-0.05, 0) is 154 Å². The van der Waals surface area contributed by atoms with E-state index >= 15 is 0 Å². The number of hydrogen-bond donors (Lipinski definition) is 0. The quantitative estimate of drug-likeness (QED) is 0.0358. The smallest absolute Gasteiger partial charge is 0.493 e. The fraction of sp³-hybridized carbons (Fsp3) is 0.846. The van der Waals surface area contributed by atoms with Crippen LogP contribution in [0.5, 0.6) is 0 Å². The van der Waals surface area contributed by atoms with E-state index < -0.39 is 0 Å². The summed E-state index contributed by atoms with van der Waals surface area (Å²) in [5.74, 6) is 0.